The van der Waals surface area contributed by atoms with Gasteiger partial charge in [0.05, 0.1) is 10.6 Å². The molecule has 0 aromatic heterocycles. The van der Waals surface area contributed by atoms with Gasteiger partial charge in [0.25, 0.3) is 10.0 Å². The van der Waals surface area contributed by atoms with Crippen LogP contribution in [-0.4, -0.2) is 43.8 Å². The Morgan fingerprint density at radius 1 is 0.745 bits per heavy atom. The van der Waals surface area contributed by atoms with Gasteiger partial charge in [0, 0.05) is 34.6 Å². The summed E-state index contributed by atoms with van der Waals surface area (Å²) in [6.45, 7) is 3.06. The van der Waals surface area contributed by atoms with E-state index < -0.39 is 28.5 Å². The molecule has 0 aliphatic carbocycles. The van der Waals surface area contributed by atoms with Crippen LogP contribution in [0.4, 0.5) is 5.69 Å². The quantitative estimate of drug-likeness (QED) is 0.116. The maximum atomic E-state index is 14.8. The first-order chi connectivity index (χ1) is 24.6. The summed E-state index contributed by atoms with van der Waals surface area (Å²) in [5, 5.41) is 3.64. The van der Waals surface area contributed by atoms with Gasteiger partial charge >= 0.3 is 0 Å². The Morgan fingerprint density at radius 2 is 1.29 bits per heavy atom. The maximum Gasteiger partial charge on any atom is 0.264 e. The summed E-state index contributed by atoms with van der Waals surface area (Å²) in [6, 6.07) is 36.6. The van der Waals surface area contributed by atoms with E-state index in [1.807, 2.05) is 74.5 Å². The van der Waals surface area contributed by atoms with Gasteiger partial charge in [-0.15, -0.1) is 0 Å². The Balaban J connectivity index is 1.58. The number of amides is 2. The molecule has 1 N–H and O–H groups in total. The minimum absolute atomic E-state index is 0.00143. The zero-order chi connectivity index (χ0) is 36.4. The van der Waals surface area contributed by atoms with Crippen molar-refractivity contribution >= 4 is 50.7 Å². The molecule has 264 valence electrons. The average molecular weight is 745 g/mol. The van der Waals surface area contributed by atoms with Crippen LogP contribution in [0.5, 0.6) is 11.5 Å². The van der Waals surface area contributed by atoms with E-state index >= 15 is 0 Å². The molecule has 0 heterocycles. The van der Waals surface area contributed by atoms with E-state index in [1.165, 1.54) is 17.0 Å². The number of nitrogens with one attached hydrogen (secondary N) is 1. The van der Waals surface area contributed by atoms with Gasteiger partial charge in [0.15, 0.2) is 0 Å². The van der Waals surface area contributed by atoms with Crippen molar-refractivity contribution in [2.45, 2.75) is 50.2 Å². The van der Waals surface area contributed by atoms with Gasteiger partial charge in [-0.2, -0.15) is 0 Å². The number of carbonyl (C=O) groups excluding carboxylic acids is 2. The molecule has 0 aliphatic rings. The second-order valence-electron chi connectivity index (χ2n) is 12.0. The molecule has 2 amide bonds. The van der Waals surface area contributed by atoms with Crippen LogP contribution >= 0.6 is 23.2 Å². The zero-order valence-electron chi connectivity index (χ0n) is 28.3. The second kappa shape index (κ2) is 17.4. The second-order valence-corrected chi connectivity index (χ2v) is 14.7. The molecule has 8 nitrogen and oxygen atoms in total. The third-order valence-corrected chi connectivity index (χ3v) is 10.9. The number of carbonyl (C=O) groups is 2. The zero-order valence-corrected chi connectivity index (χ0v) is 30.6. The summed E-state index contributed by atoms with van der Waals surface area (Å²) >= 11 is 13.2. The fraction of sp³-hybridized carbons (Fsp3) is 0.200. The molecule has 0 bridgehead atoms. The van der Waals surface area contributed by atoms with Gasteiger partial charge in [0.1, 0.15) is 24.1 Å². The lowest BCUT2D eigenvalue weighted by molar-refractivity contribution is -0.140. The number of benzene rings is 5. The van der Waals surface area contributed by atoms with E-state index in [1.54, 1.807) is 60.7 Å². The molecule has 0 saturated heterocycles. The van der Waals surface area contributed by atoms with Crippen LogP contribution in [0.2, 0.25) is 10.0 Å². The van der Waals surface area contributed by atoms with E-state index in [4.69, 9.17) is 27.9 Å². The van der Waals surface area contributed by atoms with Gasteiger partial charge in [-0.25, -0.2) is 8.42 Å². The summed E-state index contributed by atoms with van der Waals surface area (Å²) in [4.78, 5) is 30.2. The van der Waals surface area contributed by atoms with E-state index in [2.05, 4.69) is 5.32 Å². The largest absolute Gasteiger partial charge is 0.457 e. The Kier molecular flexibility index (Phi) is 12.8. The Bertz CT molecular complexity index is 2000. The molecule has 5 aromatic carbocycles. The third-order valence-electron chi connectivity index (χ3n) is 8.38. The number of halogens is 2. The van der Waals surface area contributed by atoms with E-state index in [9.17, 15) is 18.0 Å². The van der Waals surface area contributed by atoms with E-state index in [-0.39, 0.29) is 35.5 Å². The number of ether oxygens (including phenoxy) is 1. The predicted molar refractivity (Wildman–Crippen MR) is 203 cm³/mol. The lowest BCUT2D eigenvalue weighted by Gasteiger charge is -2.34. The lowest BCUT2D eigenvalue weighted by atomic mass is 10.0. The normalized spacial score (nSPS) is 12.4. The fourth-order valence-corrected chi connectivity index (χ4v) is 7.35. The first kappa shape index (κ1) is 37.4. The van der Waals surface area contributed by atoms with Crippen molar-refractivity contribution in [3.63, 3.8) is 0 Å². The Hall–Kier alpha value is -4.83. The third kappa shape index (κ3) is 9.70. The highest BCUT2D eigenvalue weighted by molar-refractivity contribution is 7.92. The molecule has 2 atom stereocenters. The molecule has 0 radical (unpaired) electrons. The topological polar surface area (TPSA) is 96.0 Å². The molecule has 0 aliphatic heterocycles. The Labute approximate surface area is 309 Å². The minimum Gasteiger partial charge on any atom is -0.457 e. The van der Waals surface area contributed by atoms with Crippen LogP contribution in [0.25, 0.3) is 0 Å². The summed E-state index contributed by atoms with van der Waals surface area (Å²) in [7, 11) is -4.28. The van der Waals surface area contributed by atoms with Gasteiger partial charge in [-0.1, -0.05) is 103 Å². The maximum absolute atomic E-state index is 14.8. The van der Waals surface area contributed by atoms with Gasteiger partial charge in [-0.05, 0) is 79.6 Å². The van der Waals surface area contributed by atoms with Crippen LogP contribution in [0, 0.1) is 0 Å². The molecular formula is C40H39Cl2N3O5S. The lowest BCUT2D eigenvalue weighted by Crippen LogP contribution is -2.54. The summed E-state index contributed by atoms with van der Waals surface area (Å²) in [5.74, 6) is 0.0797. The molecule has 5 aromatic rings. The molecule has 0 fully saturated rings. The summed E-state index contributed by atoms with van der Waals surface area (Å²) in [5.41, 5.74) is 1.48. The molecule has 0 saturated carbocycles. The van der Waals surface area contributed by atoms with Crippen molar-refractivity contribution in [2.24, 2.45) is 0 Å². The number of para-hydroxylation sites is 1. The van der Waals surface area contributed by atoms with Crippen molar-refractivity contribution in [1.29, 1.82) is 0 Å². The molecule has 5 rings (SSSR count). The number of nitrogens with zero attached hydrogens (tertiary/aromatic N) is 2. The van der Waals surface area contributed by atoms with Crippen LogP contribution < -0.4 is 14.4 Å². The van der Waals surface area contributed by atoms with Crippen LogP contribution in [0.15, 0.2) is 138 Å². The summed E-state index contributed by atoms with van der Waals surface area (Å²) in [6.07, 6.45) is 0.828. The van der Waals surface area contributed by atoms with Crippen molar-refractivity contribution in [3.05, 3.63) is 155 Å². The fourth-order valence-electron chi connectivity index (χ4n) is 5.40. The van der Waals surface area contributed by atoms with Gasteiger partial charge < -0.3 is 15.0 Å². The highest BCUT2D eigenvalue weighted by Gasteiger charge is 2.35. The van der Waals surface area contributed by atoms with E-state index in [0.29, 0.717) is 33.5 Å². The molecule has 11 heteroatoms. The number of sulfonamides is 1. The van der Waals surface area contributed by atoms with Gasteiger partial charge in [0.2, 0.25) is 11.8 Å². The monoisotopic (exact) mass is 743 g/mol. The molecule has 51 heavy (non-hydrogen) atoms. The molecular weight excluding hydrogens is 705 g/mol. The van der Waals surface area contributed by atoms with Crippen molar-refractivity contribution < 1.29 is 22.7 Å². The van der Waals surface area contributed by atoms with Crippen molar-refractivity contribution in [2.75, 3.05) is 10.8 Å². The number of hydrogen-bond donors (Lipinski definition) is 1. The number of rotatable bonds is 15. The highest BCUT2D eigenvalue weighted by Crippen LogP contribution is 2.30. The smallest absolute Gasteiger partial charge is 0.264 e. The van der Waals surface area contributed by atoms with Gasteiger partial charge in [-0.3, -0.25) is 13.9 Å². The average Bonchev–Trinajstić information content (AvgIpc) is 3.14. The van der Waals surface area contributed by atoms with Crippen molar-refractivity contribution in [1.82, 2.24) is 10.2 Å². The summed E-state index contributed by atoms with van der Waals surface area (Å²) < 4.78 is 35.6. The van der Waals surface area contributed by atoms with Crippen molar-refractivity contribution in [3.8, 4) is 11.5 Å². The predicted octanol–water partition coefficient (Wildman–Crippen LogP) is 8.54. The van der Waals surface area contributed by atoms with Crippen LogP contribution in [-0.2, 0) is 32.6 Å². The number of anilines is 1. The SMILES string of the molecule is CC[C@@H](C)NC(=O)[C@@H](Cc1ccccc1)N(Cc1c(Cl)cccc1Cl)C(=O)CN(c1ccc(Oc2ccccc2)cc1)S(=O)(=O)c1ccccc1. The van der Waals surface area contributed by atoms with E-state index in [0.717, 1.165) is 9.87 Å². The standard InChI is InChI=1S/C40H39Cl2N3O5S/c1-3-29(2)43-40(47)38(26-30-14-7-4-8-15-30)44(27-35-36(41)20-13-21-37(35)42)39(46)28-45(51(48,49)34-18-11-6-12-19-34)31-22-24-33(25-23-31)50-32-16-9-5-10-17-32/h4-25,29,38H,3,26-28H2,1-2H3,(H,43,47)/t29-,38-/m1/s1. The minimum atomic E-state index is -4.28. The first-order valence-corrected chi connectivity index (χ1v) is 18.7. The first-order valence-electron chi connectivity index (χ1n) is 16.5. The highest BCUT2D eigenvalue weighted by atomic mass is 35.5. The van der Waals surface area contributed by atoms with Crippen LogP contribution in [0.3, 0.4) is 0 Å². The molecule has 0 unspecified atom stereocenters. The number of hydrogen-bond acceptors (Lipinski definition) is 5. The van der Waals surface area contributed by atoms with Crippen LogP contribution in [0.1, 0.15) is 31.4 Å². The Morgan fingerprint density at radius 3 is 1.88 bits per heavy atom. The molecule has 0 spiro atoms.